The first-order valence-corrected chi connectivity index (χ1v) is 7.32. The van der Waals surface area contributed by atoms with Gasteiger partial charge in [0.1, 0.15) is 10.6 Å². The molecule has 0 aromatic carbocycles. The zero-order valence-electron chi connectivity index (χ0n) is 13.0. The van der Waals surface area contributed by atoms with Crippen LogP contribution < -0.4 is 0 Å². The molecule has 0 radical (unpaired) electrons. The van der Waals surface area contributed by atoms with E-state index < -0.39 is 5.60 Å². The highest BCUT2D eigenvalue weighted by Crippen LogP contribution is 2.21. The van der Waals surface area contributed by atoms with Crippen molar-refractivity contribution in [2.45, 2.75) is 39.2 Å². The molecule has 1 unspecified atom stereocenters. The van der Waals surface area contributed by atoms with Gasteiger partial charge in [0, 0.05) is 33.1 Å². The number of nitrogens with zero attached hydrogens (tertiary/aromatic N) is 3. The Kier molecular flexibility index (Phi) is 5.92. The van der Waals surface area contributed by atoms with Crippen LogP contribution in [0, 0.1) is 5.92 Å². The average Bonchev–Trinajstić information content (AvgIpc) is 2.34. The molecule has 1 aliphatic rings. The number of likely N-dealkylation sites (tertiary alicyclic amines) is 1. The van der Waals surface area contributed by atoms with Gasteiger partial charge in [0.2, 0.25) is 0 Å². The van der Waals surface area contributed by atoms with Crippen LogP contribution in [0.2, 0.25) is 0 Å². The van der Waals surface area contributed by atoms with Gasteiger partial charge >= 0.3 is 6.09 Å². The van der Waals surface area contributed by atoms with Gasteiger partial charge in [-0.3, -0.25) is 0 Å². The van der Waals surface area contributed by atoms with Crippen LogP contribution >= 0.6 is 12.2 Å². The third kappa shape index (κ3) is 5.86. The highest BCUT2D eigenvalue weighted by Gasteiger charge is 2.29. The summed E-state index contributed by atoms with van der Waals surface area (Å²) in [5, 5.41) is 0. The maximum atomic E-state index is 12.1. The van der Waals surface area contributed by atoms with Gasteiger partial charge in [-0.1, -0.05) is 12.2 Å². The maximum absolute atomic E-state index is 12.1. The summed E-state index contributed by atoms with van der Waals surface area (Å²) in [6, 6.07) is 0. The SMILES string of the molecule is CN(C)/C=N\C(=S)C1CCCN(C(=O)OC(C)(C)C)C1. The van der Waals surface area contributed by atoms with Crippen molar-refractivity contribution in [3.63, 3.8) is 0 Å². The fourth-order valence-electron chi connectivity index (χ4n) is 1.95. The monoisotopic (exact) mass is 299 g/mol. The van der Waals surface area contributed by atoms with E-state index >= 15 is 0 Å². The van der Waals surface area contributed by atoms with Gasteiger partial charge < -0.3 is 14.5 Å². The van der Waals surface area contributed by atoms with E-state index in [2.05, 4.69) is 4.99 Å². The molecule has 0 aliphatic carbocycles. The number of rotatable bonds is 2. The molecule has 1 heterocycles. The van der Waals surface area contributed by atoms with E-state index in [1.54, 1.807) is 11.2 Å². The van der Waals surface area contributed by atoms with Crippen molar-refractivity contribution in [2.24, 2.45) is 10.9 Å². The van der Waals surface area contributed by atoms with Crippen molar-refractivity contribution >= 4 is 29.6 Å². The Hall–Kier alpha value is -1.17. The lowest BCUT2D eigenvalue weighted by molar-refractivity contribution is 0.0194. The molecule has 1 aliphatic heterocycles. The molecular weight excluding hydrogens is 274 g/mol. The normalized spacial score (nSPS) is 20.1. The number of aliphatic imine (C=N–C) groups is 1. The minimum Gasteiger partial charge on any atom is -0.444 e. The second-order valence-electron chi connectivity index (χ2n) is 6.31. The number of hydrogen-bond acceptors (Lipinski definition) is 3. The van der Waals surface area contributed by atoms with Gasteiger partial charge in [-0.2, -0.15) is 0 Å². The molecule has 1 fully saturated rings. The van der Waals surface area contributed by atoms with Crippen LogP contribution in [0.15, 0.2) is 4.99 Å². The number of carbonyl (C=O) groups excluding carboxylic acids is 1. The lowest BCUT2D eigenvalue weighted by Crippen LogP contribution is -2.44. The fourth-order valence-corrected chi connectivity index (χ4v) is 2.19. The highest BCUT2D eigenvalue weighted by molar-refractivity contribution is 7.80. The van der Waals surface area contributed by atoms with Gasteiger partial charge in [0.25, 0.3) is 0 Å². The third-order valence-electron chi connectivity index (χ3n) is 2.84. The molecule has 0 saturated carbocycles. The van der Waals surface area contributed by atoms with Crippen molar-refractivity contribution in [1.82, 2.24) is 9.80 Å². The highest BCUT2D eigenvalue weighted by atomic mass is 32.1. The smallest absolute Gasteiger partial charge is 0.410 e. The number of amides is 1. The van der Waals surface area contributed by atoms with Gasteiger partial charge in [-0.05, 0) is 33.6 Å². The molecular formula is C14H25N3O2S. The first-order valence-electron chi connectivity index (χ1n) is 6.91. The van der Waals surface area contributed by atoms with Crippen molar-refractivity contribution in [3.05, 3.63) is 0 Å². The van der Waals surface area contributed by atoms with Crippen molar-refractivity contribution in [3.8, 4) is 0 Å². The van der Waals surface area contributed by atoms with Gasteiger partial charge in [0.05, 0.1) is 6.34 Å². The number of carbonyl (C=O) groups is 1. The summed E-state index contributed by atoms with van der Waals surface area (Å²) in [7, 11) is 3.81. The van der Waals surface area contributed by atoms with E-state index in [9.17, 15) is 4.79 Å². The fraction of sp³-hybridized carbons (Fsp3) is 0.786. The molecule has 0 aromatic heterocycles. The third-order valence-corrected chi connectivity index (χ3v) is 3.28. The quantitative estimate of drug-likeness (QED) is 0.446. The van der Waals surface area contributed by atoms with Crippen LogP contribution in [0.1, 0.15) is 33.6 Å². The Morgan fingerprint density at radius 3 is 2.65 bits per heavy atom. The predicted molar refractivity (Wildman–Crippen MR) is 85.3 cm³/mol. The Morgan fingerprint density at radius 1 is 1.45 bits per heavy atom. The molecule has 114 valence electrons. The molecule has 5 nitrogen and oxygen atoms in total. The predicted octanol–water partition coefficient (Wildman–Crippen LogP) is 2.55. The molecule has 6 heteroatoms. The first kappa shape index (κ1) is 16.9. The summed E-state index contributed by atoms with van der Waals surface area (Å²) < 4.78 is 5.40. The van der Waals surface area contributed by atoms with Crippen LogP contribution in [0.25, 0.3) is 0 Å². The molecule has 0 N–H and O–H groups in total. The van der Waals surface area contributed by atoms with Crippen molar-refractivity contribution in [2.75, 3.05) is 27.2 Å². The summed E-state index contributed by atoms with van der Waals surface area (Å²) >= 11 is 5.34. The second-order valence-corrected chi connectivity index (χ2v) is 6.73. The maximum Gasteiger partial charge on any atom is 0.410 e. The van der Waals surface area contributed by atoms with E-state index in [1.807, 2.05) is 39.8 Å². The molecule has 0 bridgehead atoms. The molecule has 1 saturated heterocycles. The average molecular weight is 299 g/mol. The molecule has 20 heavy (non-hydrogen) atoms. The largest absolute Gasteiger partial charge is 0.444 e. The van der Waals surface area contributed by atoms with E-state index in [0.717, 1.165) is 19.4 Å². The van der Waals surface area contributed by atoms with Gasteiger partial charge in [0.15, 0.2) is 0 Å². The van der Waals surface area contributed by atoms with Crippen LogP contribution in [-0.4, -0.2) is 60.0 Å². The summed E-state index contributed by atoms with van der Waals surface area (Å²) in [6.07, 6.45) is 3.35. The minimum atomic E-state index is -0.465. The van der Waals surface area contributed by atoms with Gasteiger partial charge in [-0.15, -0.1) is 0 Å². The van der Waals surface area contributed by atoms with Crippen molar-refractivity contribution in [1.29, 1.82) is 0 Å². The summed E-state index contributed by atoms with van der Waals surface area (Å²) in [4.78, 5) is 20.6. The minimum absolute atomic E-state index is 0.141. The van der Waals surface area contributed by atoms with Crippen LogP contribution in [0.5, 0.6) is 0 Å². The number of ether oxygens (including phenoxy) is 1. The van der Waals surface area contributed by atoms with Gasteiger partial charge in [-0.25, -0.2) is 9.79 Å². The number of thiocarbonyl (C=S) groups is 1. The van der Waals surface area contributed by atoms with Crippen molar-refractivity contribution < 1.29 is 9.53 Å². The Balaban J connectivity index is 2.58. The van der Waals surface area contributed by atoms with Crippen LogP contribution in [0.3, 0.4) is 0 Å². The second kappa shape index (κ2) is 7.02. The van der Waals surface area contributed by atoms with E-state index in [0.29, 0.717) is 11.5 Å². The lowest BCUT2D eigenvalue weighted by atomic mass is 9.98. The number of piperidine rings is 1. The van der Waals surface area contributed by atoms with E-state index in [4.69, 9.17) is 17.0 Å². The zero-order chi connectivity index (χ0) is 15.3. The lowest BCUT2D eigenvalue weighted by Gasteiger charge is -2.33. The van der Waals surface area contributed by atoms with E-state index in [-0.39, 0.29) is 12.0 Å². The van der Waals surface area contributed by atoms with Crippen LogP contribution in [-0.2, 0) is 4.74 Å². The van der Waals surface area contributed by atoms with Crippen LogP contribution in [0.4, 0.5) is 4.79 Å². The molecule has 0 aromatic rings. The Morgan fingerprint density at radius 2 is 2.10 bits per heavy atom. The molecule has 1 amide bonds. The zero-order valence-corrected chi connectivity index (χ0v) is 13.9. The molecule has 1 atom stereocenters. The Labute approximate surface area is 127 Å². The Bertz CT molecular complexity index is 388. The van der Waals surface area contributed by atoms with E-state index in [1.165, 1.54) is 0 Å². The number of hydrogen-bond donors (Lipinski definition) is 0. The summed E-state index contributed by atoms with van der Waals surface area (Å²) in [5.41, 5.74) is -0.465. The molecule has 1 rings (SSSR count). The first-order chi connectivity index (χ1) is 9.19. The summed E-state index contributed by atoms with van der Waals surface area (Å²) in [6.45, 7) is 6.94. The standard InChI is InChI=1S/C14H25N3O2S/c1-14(2,3)19-13(18)17-8-6-7-11(9-17)12(20)15-10-16(4)5/h10-11H,6-9H2,1-5H3/b15-10-. The topological polar surface area (TPSA) is 45.1 Å². The summed E-state index contributed by atoms with van der Waals surface area (Å²) in [5.74, 6) is 0.141. The molecule has 0 spiro atoms.